The van der Waals surface area contributed by atoms with E-state index in [1.54, 1.807) is 20.8 Å². The Kier molecular flexibility index (Phi) is 7.87. The largest absolute Gasteiger partial charge is 0.469 e. The maximum Gasteiger partial charge on any atom is 0.410 e. The number of nitrogens with one attached hydrogen (secondary N) is 1. The molecule has 0 saturated carbocycles. The number of rotatable bonds is 5. The monoisotopic (exact) mass is 406 g/mol. The third-order valence-electron chi connectivity index (χ3n) is 4.40. The van der Waals surface area contributed by atoms with Gasteiger partial charge in [0.2, 0.25) is 0 Å². The van der Waals surface area contributed by atoms with Crippen LogP contribution in [-0.4, -0.2) is 54.9 Å². The number of benzene rings is 1. The molecule has 1 aliphatic rings. The van der Waals surface area contributed by atoms with E-state index >= 15 is 0 Å². The summed E-state index contributed by atoms with van der Waals surface area (Å²) in [5, 5.41) is 2.79. The third-order valence-corrected chi connectivity index (χ3v) is 4.40. The highest BCUT2D eigenvalue weighted by atomic mass is 16.6. The molecule has 1 heterocycles. The summed E-state index contributed by atoms with van der Waals surface area (Å²) in [4.78, 5) is 37.9. The Morgan fingerprint density at radius 3 is 2.45 bits per heavy atom. The van der Waals surface area contributed by atoms with E-state index in [2.05, 4.69) is 5.32 Å². The summed E-state index contributed by atoms with van der Waals surface area (Å²) in [6.07, 6.45) is -0.347. The smallest absolute Gasteiger partial charge is 0.410 e. The Morgan fingerprint density at radius 2 is 1.83 bits per heavy atom. The van der Waals surface area contributed by atoms with E-state index in [-0.39, 0.29) is 37.5 Å². The van der Waals surface area contributed by atoms with Crippen molar-refractivity contribution in [2.45, 2.75) is 51.9 Å². The van der Waals surface area contributed by atoms with Crippen LogP contribution in [0.25, 0.3) is 0 Å². The first-order valence-corrected chi connectivity index (χ1v) is 9.68. The highest BCUT2D eigenvalue weighted by molar-refractivity contribution is 5.71. The fraction of sp³-hybridized carbons (Fsp3) is 0.571. The van der Waals surface area contributed by atoms with E-state index in [4.69, 9.17) is 14.2 Å². The van der Waals surface area contributed by atoms with Crippen molar-refractivity contribution in [1.29, 1.82) is 0 Å². The van der Waals surface area contributed by atoms with Gasteiger partial charge in [-0.25, -0.2) is 9.59 Å². The molecular weight excluding hydrogens is 376 g/mol. The van der Waals surface area contributed by atoms with Crippen molar-refractivity contribution in [3.63, 3.8) is 0 Å². The molecule has 0 bridgehead atoms. The van der Waals surface area contributed by atoms with E-state index in [1.165, 1.54) is 12.0 Å². The number of esters is 1. The molecule has 160 valence electrons. The van der Waals surface area contributed by atoms with Gasteiger partial charge in [0, 0.05) is 13.1 Å². The Morgan fingerprint density at radius 1 is 1.14 bits per heavy atom. The number of hydrogen-bond acceptors (Lipinski definition) is 6. The fourth-order valence-electron chi connectivity index (χ4n) is 3.21. The lowest BCUT2D eigenvalue weighted by molar-refractivity contribution is -0.142. The first-order valence-electron chi connectivity index (χ1n) is 9.68. The number of alkyl carbamates (subject to hydrolysis) is 1. The van der Waals surface area contributed by atoms with Crippen molar-refractivity contribution in [3.05, 3.63) is 35.9 Å². The zero-order valence-corrected chi connectivity index (χ0v) is 17.5. The summed E-state index contributed by atoms with van der Waals surface area (Å²) < 4.78 is 15.5. The summed E-state index contributed by atoms with van der Waals surface area (Å²) >= 11 is 0. The Hall–Kier alpha value is -2.77. The molecule has 1 aliphatic heterocycles. The molecule has 0 spiro atoms. The molecule has 8 nitrogen and oxygen atoms in total. The molecule has 0 aliphatic carbocycles. The summed E-state index contributed by atoms with van der Waals surface area (Å²) in [6.45, 7) is 6.13. The number of methoxy groups -OCH3 is 1. The van der Waals surface area contributed by atoms with Crippen LogP contribution in [-0.2, 0) is 25.6 Å². The van der Waals surface area contributed by atoms with Gasteiger partial charge in [-0.3, -0.25) is 4.79 Å². The highest BCUT2D eigenvalue weighted by Gasteiger charge is 2.33. The van der Waals surface area contributed by atoms with Crippen LogP contribution in [0.15, 0.2) is 30.3 Å². The van der Waals surface area contributed by atoms with Gasteiger partial charge in [0.05, 0.1) is 19.6 Å². The molecule has 2 rings (SSSR count). The number of nitrogens with zero attached hydrogens (tertiary/aromatic N) is 1. The molecule has 1 N–H and O–H groups in total. The average molecular weight is 406 g/mol. The van der Waals surface area contributed by atoms with Crippen molar-refractivity contribution in [2.75, 3.05) is 20.2 Å². The molecule has 29 heavy (non-hydrogen) atoms. The van der Waals surface area contributed by atoms with Crippen molar-refractivity contribution in [1.82, 2.24) is 10.2 Å². The second-order valence-corrected chi connectivity index (χ2v) is 8.17. The summed E-state index contributed by atoms with van der Waals surface area (Å²) in [7, 11) is 1.33. The molecule has 1 fully saturated rings. The van der Waals surface area contributed by atoms with Crippen LogP contribution in [0.4, 0.5) is 9.59 Å². The first kappa shape index (κ1) is 22.5. The van der Waals surface area contributed by atoms with Crippen LogP contribution in [0.5, 0.6) is 0 Å². The van der Waals surface area contributed by atoms with E-state index in [0.717, 1.165) is 5.56 Å². The second kappa shape index (κ2) is 10.1. The highest BCUT2D eigenvalue weighted by Crippen LogP contribution is 2.22. The van der Waals surface area contributed by atoms with E-state index in [1.807, 2.05) is 30.3 Å². The Balaban J connectivity index is 1.99. The molecule has 2 unspecified atom stereocenters. The molecule has 0 aromatic heterocycles. The number of hydrogen-bond donors (Lipinski definition) is 1. The van der Waals surface area contributed by atoms with E-state index < -0.39 is 17.8 Å². The topological polar surface area (TPSA) is 94.2 Å². The standard InChI is InChI=1S/C21H30N2O6/c1-21(2,3)29-19(25)22-17-10-16(11-18(24)27-4)12-23(13-17)20(26)28-14-15-8-6-5-7-9-15/h5-9,16-17H,10-14H2,1-4H3,(H,22,25). The number of carbonyl (C=O) groups excluding carboxylic acids is 3. The number of ether oxygens (including phenoxy) is 3. The summed E-state index contributed by atoms with van der Waals surface area (Å²) in [6, 6.07) is 9.03. The van der Waals surface area contributed by atoms with Gasteiger partial charge in [-0.2, -0.15) is 0 Å². The number of amides is 2. The summed E-state index contributed by atoms with van der Waals surface area (Å²) in [5.74, 6) is -0.508. The fourth-order valence-corrected chi connectivity index (χ4v) is 3.21. The maximum atomic E-state index is 12.6. The van der Waals surface area contributed by atoms with Gasteiger partial charge in [0.1, 0.15) is 12.2 Å². The average Bonchev–Trinajstić information content (AvgIpc) is 2.65. The predicted octanol–water partition coefficient (Wildman–Crippen LogP) is 3.10. The van der Waals surface area contributed by atoms with Crippen LogP contribution in [0.3, 0.4) is 0 Å². The molecular formula is C21H30N2O6. The molecule has 2 atom stereocenters. The molecule has 0 radical (unpaired) electrons. The van der Waals surface area contributed by atoms with Crippen molar-refractivity contribution in [2.24, 2.45) is 5.92 Å². The quantitative estimate of drug-likeness (QED) is 0.596. The van der Waals surface area contributed by atoms with Gasteiger partial charge in [0.25, 0.3) is 0 Å². The number of carbonyl (C=O) groups is 3. The van der Waals surface area contributed by atoms with E-state index in [9.17, 15) is 14.4 Å². The lowest BCUT2D eigenvalue weighted by Crippen LogP contribution is -2.53. The molecule has 1 aromatic rings. The van der Waals surface area contributed by atoms with Crippen LogP contribution in [0.1, 0.15) is 39.2 Å². The number of piperidine rings is 1. The minimum atomic E-state index is -0.627. The lowest BCUT2D eigenvalue weighted by atomic mass is 9.91. The number of likely N-dealkylation sites (tertiary alicyclic amines) is 1. The minimum absolute atomic E-state index is 0.152. The van der Waals surface area contributed by atoms with Crippen LogP contribution in [0.2, 0.25) is 0 Å². The second-order valence-electron chi connectivity index (χ2n) is 8.17. The minimum Gasteiger partial charge on any atom is -0.469 e. The molecule has 8 heteroatoms. The van der Waals surface area contributed by atoms with Crippen LogP contribution < -0.4 is 5.32 Å². The van der Waals surface area contributed by atoms with Crippen molar-refractivity contribution < 1.29 is 28.6 Å². The molecule has 2 amide bonds. The van der Waals surface area contributed by atoms with Crippen LogP contribution in [0, 0.1) is 5.92 Å². The third kappa shape index (κ3) is 8.01. The zero-order chi connectivity index (χ0) is 21.4. The predicted molar refractivity (Wildman–Crippen MR) is 106 cm³/mol. The SMILES string of the molecule is COC(=O)CC1CC(NC(=O)OC(C)(C)C)CN(C(=O)OCc2ccccc2)C1. The summed E-state index contributed by atoms with van der Waals surface area (Å²) in [5.41, 5.74) is 0.255. The lowest BCUT2D eigenvalue weighted by Gasteiger charge is -2.37. The maximum absolute atomic E-state index is 12.6. The van der Waals surface area contributed by atoms with Crippen molar-refractivity contribution in [3.8, 4) is 0 Å². The molecule has 1 saturated heterocycles. The molecule has 1 aromatic carbocycles. The van der Waals surface area contributed by atoms with Crippen molar-refractivity contribution >= 4 is 18.2 Å². The normalized spacial score (nSPS) is 19.2. The Bertz CT molecular complexity index is 701. The van der Waals surface area contributed by atoms with Crippen LogP contribution >= 0.6 is 0 Å². The first-order chi connectivity index (χ1) is 13.7. The Labute approximate surface area is 171 Å². The van der Waals surface area contributed by atoms with E-state index in [0.29, 0.717) is 13.0 Å². The van der Waals surface area contributed by atoms with Gasteiger partial charge >= 0.3 is 18.2 Å². The van der Waals surface area contributed by atoms with Gasteiger partial charge in [-0.05, 0) is 38.7 Å². The van der Waals surface area contributed by atoms with Gasteiger partial charge in [0.15, 0.2) is 0 Å². The van der Waals surface area contributed by atoms with Gasteiger partial charge in [-0.15, -0.1) is 0 Å². The van der Waals surface area contributed by atoms with Gasteiger partial charge in [-0.1, -0.05) is 30.3 Å². The van der Waals surface area contributed by atoms with Gasteiger partial charge < -0.3 is 24.4 Å². The zero-order valence-electron chi connectivity index (χ0n) is 17.5.